The molecule has 0 unspecified atom stereocenters. The van der Waals surface area contributed by atoms with E-state index in [2.05, 4.69) is 138 Å². The van der Waals surface area contributed by atoms with Crippen molar-refractivity contribution in [3.8, 4) is 16.9 Å². The van der Waals surface area contributed by atoms with Crippen LogP contribution < -0.4 is 4.57 Å². The summed E-state index contributed by atoms with van der Waals surface area (Å²) >= 11 is 0. The summed E-state index contributed by atoms with van der Waals surface area (Å²) in [5.41, 5.74) is 9.90. The Bertz CT molecular complexity index is 1880. The van der Waals surface area contributed by atoms with Crippen LogP contribution in [0.2, 0.25) is 0 Å². The second kappa shape index (κ2) is 7.31. The number of benzene rings is 4. The predicted octanol–water partition coefficient (Wildman–Crippen LogP) is 7.23. The Kier molecular flexibility index (Phi) is 4.19. The number of aryl methyl sites for hydroxylation is 3. The fourth-order valence-corrected chi connectivity index (χ4v) is 5.74. The van der Waals surface area contributed by atoms with Gasteiger partial charge >= 0.3 is 0 Å². The number of fused-ring (bicyclic) bond motifs is 5. The molecule has 0 aliphatic carbocycles. The maximum Gasteiger partial charge on any atom is 0.215 e. The van der Waals surface area contributed by atoms with Crippen molar-refractivity contribution in [3.05, 3.63) is 109 Å². The summed E-state index contributed by atoms with van der Waals surface area (Å²) in [5.74, 6) is 0. The zero-order chi connectivity index (χ0) is 23.7. The van der Waals surface area contributed by atoms with Gasteiger partial charge in [-0.2, -0.15) is 4.57 Å². The number of hydrogen-bond acceptors (Lipinski definition) is 0. The highest BCUT2D eigenvalue weighted by molar-refractivity contribution is 6.10. The summed E-state index contributed by atoms with van der Waals surface area (Å²) in [4.78, 5) is 0. The smallest absolute Gasteiger partial charge is 0.215 e. The van der Waals surface area contributed by atoms with Crippen LogP contribution in [0.15, 0.2) is 103 Å². The molecule has 0 aliphatic rings. The highest BCUT2D eigenvalue weighted by atomic mass is 15.0. The molecule has 0 spiro atoms. The molecule has 7 aromatic rings. The first kappa shape index (κ1) is 20.0. The molecule has 3 heteroatoms. The molecule has 3 heterocycles. The first-order valence-corrected chi connectivity index (χ1v) is 12.1. The minimum atomic E-state index is 1.21. The van der Waals surface area contributed by atoms with Crippen LogP contribution in [0.25, 0.3) is 60.6 Å². The Hall–Kier alpha value is -4.37. The summed E-state index contributed by atoms with van der Waals surface area (Å²) in [6.07, 6.45) is 2.14. The van der Waals surface area contributed by atoms with Crippen molar-refractivity contribution in [2.45, 2.75) is 6.92 Å². The third kappa shape index (κ3) is 2.82. The summed E-state index contributed by atoms with van der Waals surface area (Å²) in [5, 5.41) is 5.07. The first-order valence-electron chi connectivity index (χ1n) is 12.1. The molecule has 0 saturated carbocycles. The van der Waals surface area contributed by atoms with Crippen molar-refractivity contribution in [1.29, 1.82) is 0 Å². The van der Waals surface area contributed by atoms with Gasteiger partial charge in [0.25, 0.3) is 0 Å². The minimum Gasteiger partial charge on any atom is -0.351 e. The monoisotopic (exact) mass is 452 g/mol. The lowest BCUT2D eigenvalue weighted by molar-refractivity contribution is -0.633. The van der Waals surface area contributed by atoms with E-state index in [0.717, 1.165) is 0 Å². The van der Waals surface area contributed by atoms with E-state index in [1.54, 1.807) is 0 Å². The third-order valence-electron chi connectivity index (χ3n) is 7.50. The van der Waals surface area contributed by atoms with E-state index in [9.17, 15) is 0 Å². The van der Waals surface area contributed by atoms with Gasteiger partial charge in [-0.05, 0) is 48.9 Å². The zero-order valence-corrected chi connectivity index (χ0v) is 20.2. The van der Waals surface area contributed by atoms with Crippen molar-refractivity contribution in [3.63, 3.8) is 0 Å². The maximum absolute atomic E-state index is 2.44. The Labute approximate surface area is 204 Å². The van der Waals surface area contributed by atoms with Gasteiger partial charge in [-0.1, -0.05) is 48.5 Å². The largest absolute Gasteiger partial charge is 0.351 e. The molecule has 0 atom stereocenters. The number of nitrogens with zero attached hydrogens (tertiary/aromatic N) is 3. The molecule has 7 rings (SSSR count). The van der Waals surface area contributed by atoms with E-state index in [0.29, 0.717) is 0 Å². The standard InChI is InChI=1S/C32H26N3/c1-21-18-30-22(16-17-33(30)2)19-26(21)31-20-32(25-12-6-7-13-27(25)34(31)3)35-28-14-8-4-10-23(28)24-11-5-9-15-29(24)35/h4-20H,1-3H3/q+1. The molecule has 0 aliphatic heterocycles. The molecule has 3 nitrogen and oxygen atoms in total. The van der Waals surface area contributed by atoms with Crippen LogP contribution in [-0.4, -0.2) is 9.13 Å². The Morgan fingerprint density at radius 2 is 1.29 bits per heavy atom. The van der Waals surface area contributed by atoms with Gasteiger partial charge in [-0.25, -0.2) is 0 Å². The van der Waals surface area contributed by atoms with E-state index in [4.69, 9.17) is 0 Å². The second-order valence-corrected chi connectivity index (χ2v) is 9.51. The van der Waals surface area contributed by atoms with Gasteiger partial charge in [-0.15, -0.1) is 0 Å². The number of hydrogen-bond donors (Lipinski definition) is 0. The lowest BCUT2D eigenvalue weighted by Crippen LogP contribution is -2.32. The lowest BCUT2D eigenvalue weighted by atomic mass is 10.0. The molecule has 0 fully saturated rings. The SMILES string of the molecule is Cc1cc2c(ccn2C)cc1-c1cc(-n2c3ccccc3c3ccccc32)c2ccccc2[n+]1C. The second-order valence-electron chi connectivity index (χ2n) is 9.51. The van der Waals surface area contributed by atoms with Gasteiger partial charge in [0.05, 0.1) is 22.1 Å². The van der Waals surface area contributed by atoms with Crippen molar-refractivity contribution in [1.82, 2.24) is 9.13 Å². The highest BCUT2D eigenvalue weighted by Crippen LogP contribution is 2.36. The normalized spacial score (nSPS) is 11.9. The minimum absolute atomic E-state index is 1.21. The number of aromatic nitrogens is 3. The van der Waals surface area contributed by atoms with E-state index in [-0.39, 0.29) is 0 Å². The fourth-order valence-electron chi connectivity index (χ4n) is 5.74. The fraction of sp³-hybridized carbons (Fsp3) is 0.0938. The average molecular weight is 453 g/mol. The highest BCUT2D eigenvalue weighted by Gasteiger charge is 2.23. The van der Waals surface area contributed by atoms with E-state index < -0.39 is 0 Å². The summed E-state index contributed by atoms with van der Waals surface area (Å²) < 4.78 is 6.97. The van der Waals surface area contributed by atoms with Crippen LogP contribution in [0.5, 0.6) is 0 Å². The Balaban J connectivity index is 1.63. The number of pyridine rings is 1. The molecule has 4 aromatic carbocycles. The van der Waals surface area contributed by atoms with Gasteiger partial charge in [-0.3, -0.25) is 0 Å². The van der Waals surface area contributed by atoms with Crippen molar-refractivity contribution < 1.29 is 4.57 Å². The van der Waals surface area contributed by atoms with E-state index in [1.165, 1.54) is 66.1 Å². The van der Waals surface area contributed by atoms with Crippen LogP contribution in [0.1, 0.15) is 5.56 Å². The zero-order valence-electron chi connectivity index (χ0n) is 20.2. The van der Waals surface area contributed by atoms with Crippen LogP contribution in [-0.2, 0) is 14.1 Å². The molecule has 3 aromatic heterocycles. The molecule has 0 radical (unpaired) electrons. The van der Waals surface area contributed by atoms with Crippen LogP contribution >= 0.6 is 0 Å². The van der Waals surface area contributed by atoms with Gasteiger partial charge < -0.3 is 9.13 Å². The topological polar surface area (TPSA) is 13.7 Å². The molecular weight excluding hydrogens is 426 g/mol. The molecule has 168 valence electrons. The molecule has 0 amide bonds. The van der Waals surface area contributed by atoms with Crippen molar-refractivity contribution in [2.24, 2.45) is 14.1 Å². The summed E-state index contributed by atoms with van der Waals surface area (Å²) in [6, 6.07) is 35.4. The quantitative estimate of drug-likeness (QED) is 0.246. The maximum atomic E-state index is 2.44. The van der Waals surface area contributed by atoms with Crippen molar-refractivity contribution >= 4 is 43.6 Å². The molecule has 0 bridgehead atoms. The predicted molar refractivity (Wildman–Crippen MR) is 146 cm³/mol. The number of para-hydroxylation sites is 3. The number of rotatable bonds is 2. The Morgan fingerprint density at radius 3 is 2.00 bits per heavy atom. The lowest BCUT2D eigenvalue weighted by Gasteiger charge is -2.14. The van der Waals surface area contributed by atoms with Gasteiger partial charge in [0.1, 0.15) is 7.05 Å². The van der Waals surface area contributed by atoms with Gasteiger partial charge in [0.15, 0.2) is 0 Å². The molecule has 0 N–H and O–H groups in total. The molecular formula is C32H26N3+. The van der Waals surface area contributed by atoms with Crippen LogP contribution in [0.4, 0.5) is 0 Å². The van der Waals surface area contributed by atoms with E-state index in [1.807, 2.05) is 0 Å². The third-order valence-corrected chi connectivity index (χ3v) is 7.50. The summed E-state index contributed by atoms with van der Waals surface area (Å²) in [6.45, 7) is 2.22. The van der Waals surface area contributed by atoms with E-state index >= 15 is 0 Å². The first-order chi connectivity index (χ1) is 17.1. The summed E-state index contributed by atoms with van der Waals surface area (Å²) in [7, 11) is 4.29. The average Bonchev–Trinajstić information content (AvgIpc) is 3.42. The Morgan fingerprint density at radius 1 is 0.657 bits per heavy atom. The van der Waals surface area contributed by atoms with Crippen LogP contribution in [0.3, 0.4) is 0 Å². The molecule has 35 heavy (non-hydrogen) atoms. The van der Waals surface area contributed by atoms with Gasteiger partial charge in [0.2, 0.25) is 11.2 Å². The van der Waals surface area contributed by atoms with Crippen LogP contribution in [0, 0.1) is 6.92 Å². The van der Waals surface area contributed by atoms with Gasteiger partial charge in [0, 0.05) is 52.6 Å². The molecule has 0 saturated heterocycles. The van der Waals surface area contributed by atoms with Crippen molar-refractivity contribution in [2.75, 3.05) is 0 Å².